The molecule has 2 rings (SSSR count). The molecule has 1 aliphatic heterocycles. The second-order valence-electron chi connectivity index (χ2n) is 5.37. The third kappa shape index (κ3) is 4.20. The predicted molar refractivity (Wildman–Crippen MR) is 72.1 cm³/mol. The topological polar surface area (TPSA) is 40.5 Å². The van der Waals surface area contributed by atoms with Crippen molar-refractivity contribution in [2.45, 2.75) is 38.4 Å². The van der Waals surface area contributed by atoms with E-state index in [1.807, 2.05) is 0 Å². The molecule has 1 heterocycles. The van der Waals surface area contributed by atoms with Gasteiger partial charge in [0.25, 0.3) is 0 Å². The van der Waals surface area contributed by atoms with Crippen LogP contribution in [-0.2, 0) is 12.7 Å². The number of carboxylic acids is 1. The lowest BCUT2D eigenvalue weighted by Gasteiger charge is -2.21. The highest BCUT2D eigenvalue weighted by Gasteiger charge is 2.31. The summed E-state index contributed by atoms with van der Waals surface area (Å²) in [5, 5.41) is 9.15. The number of hydrogen-bond acceptors (Lipinski definition) is 2. The Hall–Kier alpha value is -1.56. The smallest absolute Gasteiger partial charge is 0.416 e. The summed E-state index contributed by atoms with van der Waals surface area (Å²) in [6.45, 7) is 2.11. The average Bonchev–Trinajstić information content (AvgIpc) is 2.66. The lowest BCUT2D eigenvalue weighted by molar-refractivity contribution is -0.137. The molecule has 0 atom stereocenters. The minimum Gasteiger partial charge on any atom is -0.478 e. The highest BCUT2D eigenvalue weighted by atomic mass is 19.4. The molecular formula is C15H18F3NO2. The van der Waals surface area contributed by atoms with E-state index in [1.54, 1.807) is 0 Å². The first-order valence-corrected chi connectivity index (χ1v) is 7.03. The van der Waals surface area contributed by atoms with Gasteiger partial charge in [-0.15, -0.1) is 0 Å². The summed E-state index contributed by atoms with van der Waals surface area (Å²) < 4.78 is 38.0. The van der Waals surface area contributed by atoms with Gasteiger partial charge < -0.3 is 5.11 Å². The van der Waals surface area contributed by atoms with Crippen molar-refractivity contribution in [3.63, 3.8) is 0 Å². The van der Waals surface area contributed by atoms with Crippen molar-refractivity contribution >= 4 is 5.97 Å². The summed E-state index contributed by atoms with van der Waals surface area (Å²) in [4.78, 5) is 13.3. The molecule has 1 N–H and O–H groups in total. The standard InChI is InChI=1S/C15H18F3NO2/c16-15(17,18)12-6-5-11(13(9-12)14(20)21)10-19-7-3-1-2-4-8-19/h5-6,9H,1-4,7-8,10H2,(H,20,21). The molecule has 116 valence electrons. The Kier molecular flexibility index (Phi) is 4.88. The van der Waals surface area contributed by atoms with Gasteiger partial charge in [0.2, 0.25) is 0 Å². The maximum Gasteiger partial charge on any atom is 0.416 e. The fourth-order valence-corrected chi connectivity index (χ4v) is 2.62. The molecule has 3 nitrogen and oxygen atoms in total. The zero-order valence-electron chi connectivity index (χ0n) is 11.6. The predicted octanol–water partition coefficient (Wildman–Crippen LogP) is 3.78. The normalized spacial score (nSPS) is 17.5. The third-order valence-electron chi connectivity index (χ3n) is 3.76. The lowest BCUT2D eigenvalue weighted by Crippen LogP contribution is -2.25. The van der Waals surface area contributed by atoms with Gasteiger partial charge in [-0.1, -0.05) is 18.9 Å². The number of carboxylic acid groups (broad SMARTS) is 1. The van der Waals surface area contributed by atoms with Crippen molar-refractivity contribution in [3.05, 3.63) is 34.9 Å². The minimum absolute atomic E-state index is 0.255. The van der Waals surface area contributed by atoms with Crippen molar-refractivity contribution in [2.24, 2.45) is 0 Å². The number of halogens is 3. The van der Waals surface area contributed by atoms with Crippen LogP contribution in [0.25, 0.3) is 0 Å². The van der Waals surface area contributed by atoms with Crippen LogP contribution in [-0.4, -0.2) is 29.1 Å². The summed E-state index contributed by atoms with van der Waals surface area (Å²) in [7, 11) is 0. The average molecular weight is 301 g/mol. The molecule has 0 aromatic heterocycles. The number of likely N-dealkylation sites (tertiary alicyclic amines) is 1. The van der Waals surface area contributed by atoms with Crippen molar-refractivity contribution in [2.75, 3.05) is 13.1 Å². The Morgan fingerprint density at radius 2 is 1.76 bits per heavy atom. The summed E-state index contributed by atoms with van der Waals surface area (Å²) in [5.41, 5.74) is -0.731. The quantitative estimate of drug-likeness (QED) is 0.923. The van der Waals surface area contributed by atoms with Gasteiger partial charge in [-0.25, -0.2) is 4.79 Å². The van der Waals surface area contributed by atoms with Crippen LogP contribution < -0.4 is 0 Å². The highest BCUT2D eigenvalue weighted by molar-refractivity contribution is 5.89. The molecule has 1 saturated heterocycles. The first-order chi connectivity index (χ1) is 9.88. The Bertz CT molecular complexity index is 506. The first-order valence-electron chi connectivity index (χ1n) is 7.03. The monoisotopic (exact) mass is 301 g/mol. The molecule has 0 bridgehead atoms. The molecule has 6 heteroatoms. The van der Waals surface area contributed by atoms with Crippen LogP contribution in [0.15, 0.2) is 18.2 Å². The van der Waals surface area contributed by atoms with Crippen LogP contribution in [0.3, 0.4) is 0 Å². The van der Waals surface area contributed by atoms with E-state index in [-0.39, 0.29) is 5.56 Å². The fourth-order valence-electron chi connectivity index (χ4n) is 2.62. The van der Waals surface area contributed by atoms with Crippen molar-refractivity contribution in [1.82, 2.24) is 4.90 Å². The molecule has 1 aliphatic rings. The number of nitrogens with zero attached hydrogens (tertiary/aromatic N) is 1. The molecule has 0 saturated carbocycles. The van der Waals surface area contributed by atoms with Gasteiger partial charge in [-0.3, -0.25) is 4.90 Å². The van der Waals surface area contributed by atoms with E-state index < -0.39 is 17.7 Å². The van der Waals surface area contributed by atoms with Gasteiger partial charge in [0, 0.05) is 6.54 Å². The maximum atomic E-state index is 12.7. The van der Waals surface area contributed by atoms with E-state index >= 15 is 0 Å². The number of hydrogen-bond donors (Lipinski definition) is 1. The van der Waals surface area contributed by atoms with E-state index in [0.717, 1.165) is 50.9 Å². The zero-order valence-corrected chi connectivity index (χ0v) is 11.6. The summed E-state index contributed by atoms with van der Waals surface area (Å²) in [6, 6.07) is 2.98. The third-order valence-corrected chi connectivity index (χ3v) is 3.76. The van der Waals surface area contributed by atoms with Crippen LogP contribution >= 0.6 is 0 Å². The van der Waals surface area contributed by atoms with E-state index in [0.29, 0.717) is 12.1 Å². The van der Waals surface area contributed by atoms with Crippen LogP contribution in [0.2, 0.25) is 0 Å². The summed E-state index contributed by atoms with van der Waals surface area (Å²) in [5.74, 6) is -1.31. The van der Waals surface area contributed by atoms with Gasteiger partial charge >= 0.3 is 12.1 Å². The number of rotatable bonds is 3. The van der Waals surface area contributed by atoms with Crippen molar-refractivity contribution in [1.29, 1.82) is 0 Å². The first kappa shape index (κ1) is 15.8. The molecule has 0 amide bonds. The molecule has 21 heavy (non-hydrogen) atoms. The van der Waals surface area contributed by atoms with Gasteiger partial charge in [-0.05, 0) is 43.6 Å². The molecular weight excluding hydrogens is 283 g/mol. The lowest BCUT2D eigenvalue weighted by atomic mass is 10.0. The van der Waals surface area contributed by atoms with Crippen LogP contribution in [0.4, 0.5) is 13.2 Å². The maximum absolute atomic E-state index is 12.7. The van der Waals surface area contributed by atoms with Crippen molar-refractivity contribution < 1.29 is 23.1 Å². The summed E-state index contributed by atoms with van der Waals surface area (Å²) in [6.07, 6.45) is -0.137. The highest BCUT2D eigenvalue weighted by Crippen LogP contribution is 2.31. The molecule has 1 fully saturated rings. The molecule has 1 aromatic carbocycles. The van der Waals surface area contributed by atoms with E-state index in [4.69, 9.17) is 5.11 Å². The molecule has 0 aliphatic carbocycles. The van der Waals surface area contributed by atoms with Crippen molar-refractivity contribution in [3.8, 4) is 0 Å². The Labute approximate surface area is 121 Å². The number of carbonyl (C=O) groups is 1. The van der Waals surface area contributed by atoms with E-state index in [1.165, 1.54) is 6.07 Å². The fraction of sp³-hybridized carbons (Fsp3) is 0.533. The molecule has 0 unspecified atom stereocenters. The second kappa shape index (κ2) is 6.47. The number of alkyl halides is 3. The number of aromatic carboxylic acids is 1. The number of benzene rings is 1. The van der Waals surface area contributed by atoms with Gasteiger partial charge in [0.15, 0.2) is 0 Å². The van der Waals surface area contributed by atoms with Crippen LogP contribution in [0.1, 0.15) is 47.2 Å². The van der Waals surface area contributed by atoms with Gasteiger partial charge in [0.05, 0.1) is 11.1 Å². The SMILES string of the molecule is O=C(O)c1cc(C(F)(F)F)ccc1CN1CCCCCC1. The largest absolute Gasteiger partial charge is 0.478 e. The summed E-state index contributed by atoms with van der Waals surface area (Å²) >= 11 is 0. The molecule has 0 spiro atoms. The zero-order chi connectivity index (χ0) is 15.5. The van der Waals surface area contributed by atoms with Crippen LogP contribution in [0.5, 0.6) is 0 Å². The molecule has 0 radical (unpaired) electrons. The van der Waals surface area contributed by atoms with Gasteiger partial charge in [-0.2, -0.15) is 13.2 Å². The molecule has 1 aromatic rings. The minimum atomic E-state index is -4.52. The van der Waals surface area contributed by atoms with E-state index in [9.17, 15) is 18.0 Å². The Morgan fingerprint density at radius 1 is 1.14 bits per heavy atom. The Balaban J connectivity index is 2.24. The Morgan fingerprint density at radius 3 is 2.29 bits per heavy atom. The van der Waals surface area contributed by atoms with Crippen LogP contribution in [0, 0.1) is 0 Å². The van der Waals surface area contributed by atoms with E-state index in [2.05, 4.69) is 4.90 Å². The van der Waals surface area contributed by atoms with Gasteiger partial charge in [0.1, 0.15) is 0 Å². The second-order valence-corrected chi connectivity index (χ2v) is 5.37.